The number of hydrogen-bond acceptors (Lipinski definition) is 4. The van der Waals surface area contributed by atoms with Crippen molar-refractivity contribution in [2.24, 2.45) is 0 Å². The number of carbonyl (C=O) groups is 1. The Morgan fingerprint density at radius 3 is 2.56 bits per heavy atom. The van der Waals surface area contributed by atoms with E-state index in [1.807, 2.05) is 30.3 Å². The number of rotatable bonds is 6. The first-order chi connectivity index (χ1) is 12.2. The number of aromatic nitrogens is 2. The normalized spacial score (nSPS) is 10.8. The van der Waals surface area contributed by atoms with Crippen molar-refractivity contribution in [1.29, 1.82) is 0 Å². The number of carbonyl (C=O) groups excluding carboxylic acids is 1. The summed E-state index contributed by atoms with van der Waals surface area (Å²) in [6, 6.07) is 14.7. The molecule has 2 N–H and O–H groups in total. The largest absolute Gasteiger partial charge is 0.392 e. The van der Waals surface area contributed by atoms with E-state index in [0.29, 0.717) is 23.9 Å². The van der Waals surface area contributed by atoms with Crippen molar-refractivity contribution in [1.82, 2.24) is 15.1 Å². The van der Waals surface area contributed by atoms with Gasteiger partial charge < -0.3 is 10.4 Å². The van der Waals surface area contributed by atoms with Crippen molar-refractivity contribution in [3.05, 3.63) is 76.1 Å². The van der Waals surface area contributed by atoms with Gasteiger partial charge >= 0.3 is 0 Å². The summed E-state index contributed by atoms with van der Waals surface area (Å²) in [5, 5.41) is 16.5. The van der Waals surface area contributed by atoms with Gasteiger partial charge in [-0.05, 0) is 29.7 Å². The van der Waals surface area contributed by atoms with Crippen molar-refractivity contribution in [3.8, 4) is 0 Å². The molecule has 6 nitrogen and oxygen atoms in total. The number of aliphatic hydroxyl groups excluding tert-OH is 1. The second kappa shape index (κ2) is 7.72. The molecular weight excluding hydrogens is 318 g/mol. The van der Waals surface area contributed by atoms with Crippen molar-refractivity contribution in [2.45, 2.75) is 19.6 Å². The number of fused-ring (bicyclic) bond motifs is 1. The van der Waals surface area contributed by atoms with Crippen LogP contribution in [0.2, 0.25) is 0 Å². The van der Waals surface area contributed by atoms with E-state index in [1.165, 1.54) is 10.9 Å². The number of nitrogens with zero attached hydrogens (tertiary/aromatic N) is 2. The molecule has 1 aromatic heterocycles. The maximum absolute atomic E-state index is 12.1. The predicted molar refractivity (Wildman–Crippen MR) is 95.1 cm³/mol. The topological polar surface area (TPSA) is 84.2 Å². The average molecular weight is 337 g/mol. The zero-order valence-corrected chi connectivity index (χ0v) is 13.7. The lowest BCUT2D eigenvalue weighted by Gasteiger charge is -2.10. The number of hydrogen-bond donors (Lipinski definition) is 2. The van der Waals surface area contributed by atoms with Gasteiger partial charge in [0, 0.05) is 11.9 Å². The van der Waals surface area contributed by atoms with Crippen molar-refractivity contribution >= 4 is 16.8 Å². The minimum absolute atomic E-state index is 0.0251. The van der Waals surface area contributed by atoms with Crippen LogP contribution in [-0.2, 0) is 24.4 Å². The lowest BCUT2D eigenvalue weighted by molar-refractivity contribution is -0.121. The first-order valence-electron chi connectivity index (χ1n) is 8.07. The van der Waals surface area contributed by atoms with Crippen molar-refractivity contribution in [2.75, 3.05) is 6.54 Å². The summed E-state index contributed by atoms with van der Waals surface area (Å²) in [6.45, 7) is 0.594. The molecule has 0 aliphatic carbocycles. The average Bonchev–Trinajstić information content (AvgIpc) is 2.65. The summed E-state index contributed by atoms with van der Waals surface area (Å²) in [4.78, 5) is 23.9. The number of benzene rings is 2. The molecule has 0 saturated heterocycles. The predicted octanol–water partition coefficient (Wildman–Crippen LogP) is 1.25. The van der Waals surface area contributed by atoms with Crippen LogP contribution in [0.25, 0.3) is 10.9 Å². The van der Waals surface area contributed by atoms with E-state index in [9.17, 15) is 9.59 Å². The molecule has 0 fully saturated rings. The molecule has 3 aromatic rings. The standard InChI is InChI=1S/C19H19N3O3/c23-13-15-7-5-14(6-8-15)9-10-20-19(25)12-22-17-4-2-1-3-16(17)18(24)11-21-22/h1-8,11,23H,9-10,12-13H2,(H,20,25). The van der Waals surface area contributed by atoms with Crippen molar-refractivity contribution in [3.63, 3.8) is 0 Å². The Kier molecular flexibility index (Phi) is 5.20. The van der Waals surface area contributed by atoms with Gasteiger partial charge in [0.05, 0.1) is 18.3 Å². The van der Waals surface area contributed by atoms with E-state index in [-0.39, 0.29) is 24.5 Å². The summed E-state index contributed by atoms with van der Waals surface area (Å²) in [5.74, 6) is -0.159. The van der Waals surface area contributed by atoms with Gasteiger partial charge in [0.1, 0.15) is 6.54 Å². The molecule has 0 atom stereocenters. The van der Waals surface area contributed by atoms with Gasteiger partial charge in [-0.3, -0.25) is 14.3 Å². The van der Waals surface area contributed by atoms with Crippen LogP contribution in [0.1, 0.15) is 11.1 Å². The molecule has 0 saturated carbocycles. The Labute approximate surface area is 144 Å². The molecule has 3 rings (SSSR count). The fraction of sp³-hybridized carbons (Fsp3) is 0.211. The fourth-order valence-corrected chi connectivity index (χ4v) is 2.64. The monoisotopic (exact) mass is 337 g/mol. The highest BCUT2D eigenvalue weighted by Gasteiger charge is 2.07. The highest BCUT2D eigenvalue weighted by molar-refractivity contribution is 5.81. The van der Waals surface area contributed by atoms with E-state index < -0.39 is 0 Å². The Bertz CT molecular complexity index is 933. The molecule has 0 aliphatic heterocycles. The zero-order valence-electron chi connectivity index (χ0n) is 13.7. The van der Waals surface area contributed by atoms with Crippen LogP contribution in [0.5, 0.6) is 0 Å². The van der Waals surface area contributed by atoms with Crippen LogP contribution < -0.4 is 10.7 Å². The molecule has 0 bridgehead atoms. The third kappa shape index (κ3) is 4.10. The third-order valence-electron chi connectivity index (χ3n) is 4.00. The second-order valence-electron chi connectivity index (χ2n) is 5.76. The zero-order chi connectivity index (χ0) is 17.6. The van der Waals surface area contributed by atoms with Gasteiger partial charge in [-0.25, -0.2) is 0 Å². The van der Waals surface area contributed by atoms with Crippen LogP contribution in [0.3, 0.4) is 0 Å². The number of amides is 1. The van der Waals surface area contributed by atoms with Crippen LogP contribution in [0, 0.1) is 0 Å². The summed E-state index contributed by atoms with van der Waals surface area (Å²) in [7, 11) is 0. The maximum atomic E-state index is 12.1. The highest BCUT2D eigenvalue weighted by Crippen LogP contribution is 2.08. The van der Waals surface area contributed by atoms with Crippen LogP contribution in [-0.4, -0.2) is 27.3 Å². The van der Waals surface area contributed by atoms with E-state index >= 15 is 0 Å². The van der Waals surface area contributed by atoms with E-state index in [2.05, 4.69) is 10.4 Å². The van der Waals surface area contributed by atoms with Gasteiger partial charge in [-0.2, -0.15) is 5.10 Å². The van der Waals surface area contributed by atoms with Crippen LogP contribution in [0.15, 0.2) is 59.5 Å². The van der Waals surface area contributed by atoms with Gasteiger partial charge in [0.2, 0.25) is 11.3 Å². The molecule has 0 unspecified atom stereocenters. The molecule has 2 aromatic carbocycles. The molecule has 0 spiro atoms. The first-order valence-corrected chi connectivity index (χ1v) is 8.07. The quantitative estimate of drug-likeness (QED) is 0.709. The molecule has 6 heteroatoms. The van der Waals surface area contributed by atoms with Crippen molar-refractivity contribution < 1.29 is 9.90 Å². The SMILES string of the molecule is O=C(Cn1ncc(=O)c2ccccc21)NCCc1ccc(CO)cc1. The number of aliphatic hydroxyl groups is 1. The molecule has 1 amide bonds. The maximum Gasteiger partial charge on any atom is 0.241 e. The summed E-state index contributed by atoms with van der Waals surface area (Å²) in [5.41, 5.74) is 2.44. The summed E-state index contributed by atoms with van der Waals surface area (Å²) in [6.07, 6.45) is 1.94. The fourth-order valence-electron chi connectivity index (χ4n) is 2.64. The molecule has 1 heterocycles. The van der Waals surface area contributed by atoms with Gasteiger partial charge in [-0.1, -0.05) is 36.4 Å². The lowest BCUT2D eigenvalue weighted by Crippen LogP contribution is -2.30. The third-order valence-corrected chi connectivity index (χ3v) is 4.00. The molecule has 128 valence electrons. The Morgan fingerprint density at radius 2 is 1.80 bits per heavy atom. The van der Waals surface area contributed by atoms with Gasteiger partial charge in [0.15, 0.2) is 0 Å². The minimum Gasteiger partial charge on any atom is -0.392 e. The number of para-hydroxylation sites is 1. The van der Waals surface area contributed by atoms with E-state index in [0.717, 1.165) is 11.1 Å². The minimum atomic E-state index is -0.159. The Hall–Kier alpha value is -2.99. The van der Waals surface area contributed by atoms with E-state index in [1.54, 1.807) is 18.2 Å². The number of nitrogens with one attached hydrogen (secondary N) is 1. The first kappa shape index (κ1) is 16.9. The summed E-state index contributed by atoms with van der Waals surface area (Å²) < 4.78 is 1.53. The summed E-state index contributed by atoms with van der Waals surface area (Å²) >= 11 is 0. The molecule has 0 aliphatic rings. The van der Waals surface area contributed by atoms with Crippen LogP contribution in [0.4, 0.5) is 0 Å². The van der Waals surface area contributed by atoms with E-state index in [4.69, 9.17) is 5.11 Å². The second-order valence-corrected chi connectivity index (χ2v) is 5.76. The van der Waals surface area contributed by atoms with Gasteiger partial charge in [0.25, 0.3) is 0 Å². The van der Waals surface area contributed by atoms with Crippen LogP contribution >= 0.6 is 0 Å². The lowest BCUT2D eigenvalue weighted by atomic mass is 10.1. The highest BCUT2D eigenvalue weighted by atomic mass is 16.3. The Morgan fingerprint density at radius 1 is 1.08 bits per heavy atom. The molecule has 0 radical (unpaired) electrons. The molecule has 25 heavy (non-hydrogen) atoms. The van der Waals surface area contributed by atoms with Gasteiger partial charge in [-0.15, -0.1) is 0 Å². The Balaban J connectivity index is 1.59. The smallest absolute Gasteiger partial charge is 0.241 e. The molecular formula is C19H19N3O3.